The second kappa shape index (κ2) is 5.26. The van der Waals surface area contributed by atoms with Crippen molar-refractivity contribution >= 4 is 11.0 Å². The largest absolute Gasteiger partial charge is 0.326 e. The van der Waals surface area contributed by atoms with Crippen LogP contribution in [0.2, 0.25) is 0 Å². The quantitative estimate of drug-likeness (QED) is 0.804. The summed E-state index contributed by atoms with van der Waals surface area (Å²) < 4.78 is 28.6. The number of fused-ring (bicyclic) bond motifs is 1. The Morgan fingerprint density at radius 1 is 1.05 bits per heavy atom. The molecule has 0 amide bonds. The van der Waals surface area contributed by atoms with E-state index in [0.29, 0.717) is 24.1 Å². The zero-order valence-electron chi connectivity index (χ0n) is 11.6. The van der Waals surface area contributed by atoms with E-state index in [2.05, 4.69) is 4.98 Å². The molecule has 3 nitrogen and oxygen atoms in total. The smallest absolute Gasteiger partial charge is 0.161 e. The number of rotatable bonds is 3. The van der Waals surface area contributed by atoms with Crippen LogP contribution >= 0.6 is 0 Å². The van der Waals surface area contributed by atoms with Gasteiger partial charge in [0.05, 0.1) is 11.0 Å². The van der Waals surface area contributed by atoms with Gasteiger partial charge < -0.3 is 10.3 Å². The molecule has 0 aliphatic rings. The van der Waals surface area contributed by atoms with Crippen LogP contribution in [-0.4, -0.2) is 9.55 Å². The van der Waals surface area contributed by atoms with Gasteiger partial charge in [0.2, 0.25) is 0 Å². The van der Waals surface area contributed by atoms with E-state index in [9.17, 15) is 8.78 Å². The average molecular weight is 287 g/mol. The summed E-state index contributed by atoms with van der Waals surface area (Å²) >= 11 is 0. The molecule has 21 heavy (non-hydrogen) atoms. The van der Waals surface area contributed by atoms with E-state index in [1.165, 1.54) is 6.07 Å². The summed E-state index contributed by atoms with van der Waals surface area (Å²) in [6, 6.07) is 10.2. The van der Waals surface area contributed by atoms with Crippen molar-refractivity contribution in [2.45, 2.75) is 20.0 Å². The van der Waals surface area contributed by atoms with Crippen LogP contribution in [-0.2, 0) is 13.1 Å². The molecule has 0 unspecified atom stereocenters. The molecular weight excluding hydrogens is 272 g/mol. The monoisotopic (exact) mass is 287 g/mol. The SMILES string of the molecule is Cc1nc2cc(F)c(F)cc2n1Cc1ccc(CN)cc1. The number of benzene rings is 2. The van der Waals surface area contributed by atoms with E-state index >= 15 is 0 Å². The highest BCUT2D eigenvalue weighted by atomic mass is 19.2. The fraction of sp³-hybridized carbons (Fsp3) is 0.188. The van der Waals surface area contributed by atoms with Crippen molar-refractivity contribution in [2.75, 3.05) is 0 Å². The van der Waals surface area contributed by atoms with Crippen LogP contribution in [0.3, 0.4) is 0 Å². The van der Waals surface area contributed by atoms with Gasteiger partial charge in [-0.2, -0.15) is 0 Å². The Hall–Kier alpha value is -2.27. The van der Waals surface area contributed by atoms with Crippen LogP contribution in [0.1, 0.15) is 17.0 Å². The molecule has 0 saturated carbocycles. The van der Waals surface area contributed by atoms with E-state index in [-0.39, 0.29) is 0 Å². The van der Waals surface area contributed by atoms with E-state index < -0.39 is 11.6 Å². The van der Waals surface area contributed by atoms with Gasteiger partial charge >= 0.3 is 0 Å². The lowest BCUT2D eigenvalue weighted by Gasteiger charge is -2.08. The summed E-state index contributed by atoms with van der Waals surface area (Å²) in [5.74, 6) is -1.01. The van der Waals surface area contributed by atoms with Crippen molar-refractivity contribution in [3.63, 3.8) is 0 Å². The van der Waals surface area contributed by atoms with Crippen molar-refractivity contribution in [1.82, 2.24) is 9.55 Å². The maximum Gasteiger partial charge on any atom is 0.161 e. The highest BCUT2D eigenvalue weighted by Crippen LogP contribution is 2.21. The fourth-order valence-electron chi connectivity index (χ4n) is 2.40. The van der Waals surface area contributed by atoms with Crippen molar-refractivity contribution < 1.29 is 8.78 Å². The first-order valence-electron chi connectivity index (χ1n) is 6.68. The second-order valence-electron chi connectivity index (χ2n) is 5.02. The van der Waals surface area contributed by atoms with Gasteiger partial charge in [0, 0.05) is 25.2 Å². The Kier molecular flexibility index (Phi) is 3.43. The first-order chi connectivity index (χ1) is 10.1. The van der Waals surface area contributed by atoms with Crippen molar-refractivity contribution in [3.05, 3.63) is 65.0 Å². The van der Waals surface area contributed by atoms with Crippen LogP contribution in [0.15, 0.2) is 36.4 Å². The minimum absolute atomic E-state index is 0.463. The topological polar surface area (TPSA) is 43.8 Å². The standard InChI is InChI=1S/C16H15F2N3/c1-10-20-15-6-13(17)14(18)7-16(15)21(10)9-12-4-2-11(8-19)3-5-12/h2-7H,8-9,19H2,1H3. The number of aryl methyl sites for hydroxylation is 1. The molecule has 0 atom stereocenters. The average Bonchev–Trinajstić information content (AvgIpc) is 2.76. The molecule has 5 heteroatoms. The van der Waals surface area contributed by atoms with Crippen LogP contribution in [0.4, 0.5) is 8.78 Å². The fourth-order valence-corrected chi connectivity index (χ4v) is 2.40. The van der Waals surface area contributed by atoms with Gasteiger partial charge in [-0.3, -0.25) is 0 Å². The molecule has 2 N–H and O–H groups in total. The molecule has 0 spiro atoms. The normalized spacial score (nSPS) is 11.2. The van der Waals surface area contributed by atoms with Gasteiger partial charge in [-0.05, 0) is 18.1 Å². The third-order valence-electron chi connectivity index (χ3n) is 3.58. The van der Waals surface area contributed by atoms with E-state index in [1.54, 1.807) is 0 Å². The highest BCUT2D eigenvalue weighted by Gasteiger charge is 2.12. The predicted molar refractivity (Wildman–Crippen MR) is 77.8 cm³/mol. The zero-order valence-corrected chi connectivity index (χ0v) is 11.6. The van der Waals surface area contributed by atoms with Crippen molar-refractivity contribution in [3.8, 4) is 0 Å². The maximum atomic E-state index is 13.4. The number of nitrogens with zero attached hydrogens (tertiary/aromatic N) is 2. The Morgan fingerprint density at radius 3 is 2.33 bits per heavy atom. The molecule has 0 radical (unpaired) electrons. The molecule has 1 heterocycles. The first-order valence-corrected chi connectivity index (χ1v) is 6.68. The minimum Gasteiger partial charge on any atom is -0.326 e. The summed E-state index contributed by atoms with van der Waals surface area (Å²) in [4.78, 5) is 4.28. The summed E-state index contributed by atoms with van der Waals surface area (Å²) in [6.07, 6.45) is 0. The molecule has 1 aromatic heterocycles. The van der Waals surface area contributed by atoms with Gasteiger partial charge in [0.25, 0.3) is 0 Å². The lowest BCUT2D eigenvalue weighted by atomic mass is 10.1. The number of nitrogens with two attached hydrogens (primary N) is 1. The maximum absolute atomic E-state index is 13.4. The van der Waals surface area contributed by atoms with E-state index in [4.69, 9.17) is 5.73 Å². The van der Waals surface area contributed by atoms with E-state index in [1.807, 2.05) is 35.8 Å². The number of hydrogen-bond acceptors (Lipinski definition) is 2. The third-order valence-corrected chi connectivity index (χ3v) is 3.58. The Morgan fingerprint density at radius 2 is 1.67 bits per heavy atom. The molecule has 0 aliphatic carbocycles. The molecule has 0 bridgehead atoms. The van der Waals surface area contributed by atoms with Gasteiger partial charge in [0.15, 0.2) is 11.6 Å². The molecule has 2 aromatic carbocycles. The summed E-state index contributed by atoms with van der Waals surface area (Å²) in [6.45, 7) is 2.88. The number of imidazole rings is 1. The van der Waals surface area contributed by atoms with Gasteiger partial charge in [-0.1, -0.05) is 24.3 Å². The van der Waals surface area contributed by atoms with Gasteiger partial charge in [-0.15, -0.1) is 0 Å². The van der Waals surface area contributed by atoms with Crippen molar-refractivity contribution in [1.29, 1.82) is 0 Å². The van der Waals surface area contributed by atoms with Crippen LogP contribution < -0.4 is 5.73 Å². The summed E-state index contributed by atoms with van der Waals surface area (Å²) in [5.41, 5.74) is 8.74. The molecule has 108 valence electrons. The minimum atomic E-state index is -0.876. The number of halogens is 2. The molecule has 0 saturated heterocycles. The van der Waals surface area contributed by atoms with Gasteiger partial charge in [0.1, 0.15) is 5.82 Å². The lowest BCUT2D eigenvalue weighted by Crippen LogP contribution is -2.03. The molecule has 3 aromatic rings. The van der Waals surface area contributed by atoms with E-state index in [0.717, 1.165) is 23.0 Å². The number of aromatic nitrogens is 2. The highest BCUT2D eigenvalue weighted by molar-refractivity contribution is 5.76. The Balaban J connectivity index is 2.03. The number of hydrogen-bond donors (Lipinski definition) is 1. The Labute approximate surface area is 121 Å². The molecule has 0 aliphatic heterocycles. The molecule has 0 fully saturated rings. The molecular formula is C16H15F2N3. The molecule has 3 rings (SSSR count). The Bertz CT molecular complexity index is 791. The first kappa shape index (κ1) is 13.7. The summed E-state index contributed by atoms with van der Waals surface area (Å²) in [7, 11) is 0. The van der Waals surface area contributed by atoms with Crippen LogP contribution in [0, 0.1) is 18.6 Å². The van der Waals surface area contributed by atoms with Gasteiger partial charge in [-0.25, -0.2) is 13.8 Å². The second-order valence-corrected chi connectivity index (χ2v) is 5.02. The summed E-state index contributed by atoms with van der Waals surface area (Å²) in [5, 5.41) is 0. The van der Waals surface area contributed by atoms with Crippen LogP contribution in [0.5, 0.6) is 0 Å². The third kappa shape index (κ3) is 2.52. The lowest BCUT2D eigenvalue weighted by molar-refractivity contribution is 0.510. The zero-order chi connectivity index (χ0) is 15.0. The predicted octanol–water partition coefficient (Wildman–Crippen LogP) is 3.13. The van der Waals surface area contributed by atoms with Crippen LogP contribution in [0.25, 0.3) is 11.0 Å². The van der Waals surface area contributed by atoms with Crippen molar-refractivity contribution in [2.24, 2.45) is 5.73 Å².